The van der Waals surface area contributed by atoms with Crippen molar-refractivity contribution in [3.05, 3.63) is 104 Å². The van der Waals surface area contributed by atoms with Crippen molar-refractivity contribution in [3.8, 4) is 5.75 Å². The van der Waals surface area contributed by atoms with E-state index in [0.717, 1.165) is 21.0 Å². The number of carboxylic acids is 1. The van der Waals surface area contributed by atoms with Crippen molar-refractivity contribution in [2.24, 2.45) is 0 Å². The molecule has 0 spiro atoms. The first-order valence-corrected chi connectivity index (χ1v) is 16.1. The summed E-state index contributed by atoms with van der Waals surface area (Å²) in [7, 11) is 0. The monoisotopic (exact) mass is 664 g/mol. The molecule has 9 nitrogen and oxygen atoms in total. The molecule has 0 unspecified atom stereocenters. The number of fused-ring (bicyclic) bond motifs is 1. The lowest BCUT2D eigenvalue weighted by atomic mass is 10.1. The van der Waals surface area contributed by atoms with Gasteiger partial charge in [-0.3, -0.25) is 19.4 Å². The molecular weight excluding hydrogens is 639 g/mol. The van der Waals surface area contributed by atoms with Gasteiger partial charge in [-0.25, -0.2) is 9.37 Å². The van der Waals surface area contributed by atoms with Gasteiger partial charge in [-0.05, 0) is 42.3 Å². The van der Waals surface area contributed by atoms with Crippen LogP contribution in [0.3, 0.4) is 0 Å². The Morgan fingerprint density at radius 2 is 2.00 bits per heavy atom. The fourth-order valence-corrected chi connectivity index (χ4v) is 7.47. The van der Waals surface area contributed by atoms with E-state index in [0.29, 0.717) is 29.2 Å². The maximum Gasteiger partial charge on any atom is 0.303 e. The average molecular weight is 665 g/mol. The van der Waals surface area contributed by atoms with Gasteiger partial charge >= 0.3 is 5.97 Å². The third-order valence-electron chi connectivity index (χ3n) is 7.41. The maximum atomic E-state index is 15.4. The summed E-state index contributed by atoms with van der Waals surface area (Å²) < 4.78 is 22.5. The van der Waals surface area contributed by atoms with Crippen LogP contribution in [0.1, 0.15) is 44.7 Å². The highest BCUT2D eigenvalue weighted by Crippen LogP contribution is 2.37. The lowest BCUT2D eigenvalue weighted by molar-refractivity contribution is -0.137. The summed E-state index contributed by atoms with van der Waals surface area (Å²) in [6.45, 7) is 0.237. The van der Waals surface area contributed by atoms with E-state index in [1.807, 2.05) is 24.3 Å². The molecule has 1 saturated heterocycles. The number of nitrogens with one attached hydrogen (secondary N) is 1. The number of pyridine rings is 1. The number of ether oxygens (including phenoxy) is 1. The smallest absolute Gasteiger partial charge is 0.303 e. The van der Waals surface area contributed by atoms with Crippen LogP contribution in [0.4, 0.5) is 10.1 Å². The third-order valence-corrected chi connectivity index (χ3v) is 9.85. The molecule has 2 atom stereocenters. The normalized spacial score (nSPS) is 16.2. The Hall–Kier alpha value is -4.39. The number of aryl methyl sites for hydroxylation is 1. The van der Waals surface area contributed by atoms with Gasteiger partial charge < -0.3 is 20.1 Å². The van der Waals surface area contributed by atoms with E-state index in [4.69, 9.17) is 21.4 Å². The number of halogens is 2. The van der Waals surface area contributed by atoms with Gasteiger partial charge in [0, 0.05) is 39.2 Å². The molecule has 5 aromatic rings. The van der Waals surface area contributed by atoms with Gasteiger partial charge in [0.15, 0.2) is 0 Å². The molecule has 2 aromatic carbocycles. The number of thiophene rings is 1. The number of carbonyl (C=O) groups excluding carboxylic acids is 2. The molecule has 0 saturated carbocycles. The number of carbonyl (C=O) groups is 3. The molecule has 4 heterocycles. The molecule has 2 amide bonds. The van der Waals surface area contributed by atoms with Crippen LogP contribution in [0.15, 0.2) is 72.5 Å². The van der Waals surface area contributed by atoms with Crippen LogP contribution in [0.5, 0.6) is 5.75 Å². The number of carboxylic acid groups (broad SMARTS) is 1. The van der Waals surface area contributed by atoms with E-state index in [1.165, 1.54) is 28.7 Å². The Morgan fingerprint density at radius 3 is 2.80 bits per heavy atom. The second-order valence-corrected chi connectivity index (χ2v) is 12.9. The molecule has 1 aliphatic heterocycles. The second kappa shape index (κ2) is 13.3. The third kappa shape index (κ3) is 6.98. The number of rotatable bonds is 10. The number of thiazole rings is 1. The summed E-state index contributed by atoms with van der Waals surface area (Å²) in [5.41, 5.74) is 0.648. The summed E-state index contributed by atoms with van der Waals surface area (Å²) in [6.07, 6.45) is 4.96. The number of nitrogens with zero attached hydrogens (tertiary/aromatic N) is 3. The Labute approximate surface area is 270 Å². The zero-order chi connectivity index (χ0) is 31.5. The molecule has 3 aromatic heterocycles. The van der Waals surface area contributed by atoms with Crippen molar-refractivity contribution in [3.63, 3.8) is 0 Å². The standard InChI is InChI=1S/C32H26ClFN4O5S2/c33-24-10-18(25(34)13-26(24)37-31(42)23-17-44-28-6-2-1-5-22(23)28)11-29(39)38-16-20(43-19-4-3-9-35-14-19)12-27(38)32-36-15-21(45-32)7-8-30(40)41/h1-6,9-10,13-15,17,20,27H,7-8,11-12,16H2,(H,37,42)(H,40,41)/t20-,27-/m0/s1. The van der Waals surface area contributed by atoms with Gasteiger partial charge in [0.25, 0.3) is 5.91 Å². The molecule has 45 heavy (non-hydrogen) atoms. The Kier molecular flexibility index (Phi) is 9.06. The summed E-state index contributed by atoms with van der Waals surface area (Å²) >= 11 is 9.27. The van der Waals surface area contributed by atoms with Crippen molar-refractivity contribution in [2.75, 3.05) is 11.9 Å². The summed E-state index contributed by atoms with van der Waals surface area (Å²) in [5.74, 6) is -1.79. The number of aromatic nitrogens is 2. The van der Waals surface area contributed by atoms with Crippen LogP contribution in [0.2, 0.25) is 5.02 Å². The minimum atomic E-state index is -0.904. The van der Waals surface area contributed by atoms with Crippen molar-refractivity contribution < 1.29 is 28.6 Å². The van der Waals surface area contributed by atoms with Crippen LogP contribution in [-0.2, 0) is 22.4 Å². The van der Waals surface area contributed by atoms with Crippen LogP contribution in [0, 0.1) is 5.82 Å². The van der Waals surface area contributed by atoms with Crippen LogP contribution in [-0.4, -0.2) is 50.4 Å². The Bertz CT molecular complexity index is 1880. The molecular formula is C32H26ClFN4O5S2. The Morgan fingerprint density at radius 1 is 1.16 bits per heavy atom. The SMILES string of the molecule is O=C(O)CCc1cnc([C@@H]2C[C@H](Oc3cccnc3)CN2C(=O)Cc2cc(Cl)c(NC(=O)c3csc4ccccc34)cc2F)s1. The average Bonchev–Trinajstić information content (AvgIpc) is 3.77. The lowest BCUT2D eigenvalue weighted by Crippen LogP contribution is -2.34. The zero-order valence-electron chi connectivity index (χ0n) is 23.6. The second-order valence-electron chi connectivity index (χ2n) is 10.5. The maximum absolute atomic E-state index is 15.4. The van der Waals surface area contributed by atoms with Crippen LogP contribution < -0.4 is 10.1 Å². The minimum Gasteiger partial charge on any atom is -0.487 e. The summed E-state index contributed by atoms with van der Waals surface area (Å²) in [4.78, 5) is 48.7. The van der Waals surface area contributed by atoms with E-state index >= 15 is 4.39 Å². The van der Waals surface area contributed by atoms with E-state index in [9.17, 15) is 14.4 Å². The highest BCUT2D eigenvalue weighted by Gasteiger charge is 2.39. The van der Waals surface area contributed by atoms with Crippen LogP contribution in [0.25, 0.3) is 10.1 Å². The number of likely N-dealkylation sites (tertiary alicyclic amines) is 1. The molecule has 0 radical (unpaired) electrons. The van der Waals surface area contributed by atoms with Crippen molar-refractivity contribution in [1.29, 1.82) is 0 Å². The highest BCUT2D eigenvalue weighted by atomic mass is 35.5. The van der Waals surface area contributed by atoms with E-state index in [1.54, 1.807) is 41.0 Å². The van der Waals surface area contributed by atoms with Gasteiger partial charge in [-0.1, -0.05) is 29.8 Å². The number of hydrogen-bond donors (Lipinski definition) is 2. The van der Waals surface area contributed by atoms with Crippen LogP contribution >= 0.6 is 34.3 Å². The predicted octanol–water partition coefficient (Wildman–Crippen LogP) is 6.78. The molecule has 2 N–H and O–H groups in total. The molecule has 230 valence electrons. The largest absolute Gasteiger partial charge is 0.487 e. The van der Waals surface area contributed by atoms with Gasteiger partial charge in [-0.15, -0.1) is 22.7 Å². The van der Waals surface area contributed by atoms with Crippen molar-refractivity contribution in [2.45, 2.75) is 37.8 Å². The van der Waals surface area contributed by atoms with Gasteiger partial charge in [0.05, 0.1) is 47.9 Å². The molecule has 1 fully saturated rings. The predicted molar refractivity (Wildman–Crippen MR) is 171 cm³/mol. The Balaban J connectivity index is 1.19. The van der Waals surface area contributed by atoms with Gasteiger partial charge in [-0.2, -0.15) is 0 Å². The number of anilines is 1. The molecule has 13 heteroatoms. The topological polar surface area (TPSA) is 122 Å². The lowest BCUT2D eigenvalue weighted by Gasteiger charge is -2.23. The first-order chi connectivity index (χ1) is 21.7. The molecule has 0 bridgehead atoms. The van der Waals surface area contributed by atoms with E-state index in [-0.39, 0.29) is 47.7 Å². The molecule has 0 aliphatic carbocycles. The summed E-state index contributed by atoms with van der Waals surface area (Å²) in [6, 6.07) is 13.1. The first-order valence-electron chi connectivity index (χ1n) is 14.0. The fraction of sp³-hybridized carbons (Fsp3) is 0.219. The quantitative estimate of drug-likeness (QED) is 0.169. The number of hydrogen-bond acceptors (Lipinski definition) is 8. The minimum absolute atomic E-state index is 0.0258. The molecule has 1 aliphatic rings. The van der Waals surface area contributed by atoms with Crippen molar-refractivity contribution >= 4 is 67.8 Å². The number of aliphatic carboxylic acids is 1. The first kappa shape index (κ1) is 30.6. The highest BCUT2D eigenvalue weighted by molar-refractivity contribution is 7.17. The van der Waals surface area contributed by atoms with Crippen molar-refractivity contribution in [1.82, 2.24) is 14.9 Å². The number of benzene rings is 2. The van der Waals surface area contributed by atoms with Gasteiger partial charge in [0.2, 0.25) is 5.91 Å². The number of amides is 2. The fourth-order valence-electron chi connectivity index (χ4n) is 5.25. The zero-order valence-corrected chi connectivity index (χ0v) is 26.0. The molecule has 6 rings (SSSR count). The van der Waals surface area contributed by atoms with E-state index < -0.39 is 23.7 Å². The summed E-state index contributed by atoms with van der Waals surface area (Å²) in [5, 5.41) is 15.0. The van der Waals surface area contributed by atoms with Gasteiger partial charge in [0.1, 0.15) is 22.7 Å². The van der Waals surface area contributed by atoms with E-state index in [2.05, 4.69) is 15.3 Å².